The highest BCUT2D eigenvalue weighted by atomic mass is 35.5. The summed E-state index contributed by atoms with van der Waals surface area (Å²) in [7, 11) is 0. The standard InChI is InChI=1S/C29H27ClN2O4S/c1-14(2)16-9-11-18-21(13-16)36-29(35)19-5-4-6-20(31)23(19)26(33)28(18,29)32-27(34)25-24(30)17-10-7-15(3)8-12-22(17)37-25/h5,7-11,13-14,35H,4,6,12,31H2,1-3H3,(H,32,34). The Bertz CT molecular complexity index is 1530. The topological polar surface area (TPSA) is 102 Å². The number of hydrogen-bond donors (Lipinski definition) is 3. The summed E-state index contributed by atoms with van der Waals surface area (Å²) in [5.74, 6) is -2.58. The molecule has 0 saturated heterocycles. The number of hydrogen-bond acceptors (Lipinski definition) is 6. The second-order valence-electron chi connectivity index (χ2n) is 10.3. The quantitative estimate of drug-likeness (QED) is 0.498. The highest BCUT2D eigenvalue weighted by Gasteiger charge is 2.74. The third-order valence-electron chi connectivity index (χ3n) is 7.72. The van der Waals surface area contributed by atoms with Gasteiger partial charge in [-0.15, -0.1) is 11.3 Å². The first-order valence-electron chi connectivity index (χ1n) is 12.4. The predicted molar refractivity (Wildman–Crippen MR) is 145 cm³/mol. The summed E-state index contributed by atoms with van der Waals surface area (Å²) >= 11 is 8.00. The average molecular weight is 535 g/mol. The molecule has 2 heterocycles. The van der Waals surface area contributed by atoms with Gasteiger partial charge in [-0.2, -0.15) is 0 Å². The van der Waals surface area contributed by atoms with Crippen LogP contribution in [-0.4, -0.2) is 22.6 Å². The zero-order valence-corrected chi connectivity index (χ0v) is 22.3. The smallest absolute Gasteiger partial charge is 0.270 e. The molecule has 190 valence electrons. The van der Waals surface area contributed by atoms with Crippen molar-refractivity contribution in [3.63, 3.8) is 0 Å². The third kappa shape index (κ3) is 3.20. The summed E-state index contributed by atoms with van der Waals surface area (Å²) in [6, 6.07) is 5.48. The Labute approximate surface area is 224 Å². The Hall–Kier alpha value is -3.13. The van der Waals surface area contributed by atoms with Gasteiger partial charge >= 0.3 is 0 Å². The normalized spacial score (nSPS) is 25.6. The first kappa shape index (κ1) is 24.2. The molecule has 37 heavy (non-hydrogen) atoms. The molecule has 2 atom stereocenters. The average Bonchev–Trinajstić information content (AvgIpc) is 3.30. The molecule has 1 aromatic heterocycles. The van der Waals surface area contributed by atoms with Crippen LogP contribution in [0.3, 0.4) is 0 Å². The minimum Gasteiger partial charge on any atom is -0.454 e. The van der Waals surface area contributed by atoms with E-state index < -0.39 is 23.0 Å². The number of nitrogens with one attached hydrogen (secondary N) is 1. The molecule has 2 aromatic rings. The number of carbonyl (C=O) groups is 2. The molecular weight excluding hydrogens is 508 g/mol. The second kappa shape index (κ2) is 8.18. The van der Waals surface area contributed by atoms with E-state index in [0.717, 1.165) is 21.6 Å². The van der Waals surface area contributed by atoms with Gasteiger partial charge in [0.1, 0.15) is 10.6 Å². The van der Waals surface area contributed by atoms with Crippen molar-refractivity contribution >= 4 is 40.7 Å². The van der Waals surface area contributed by atoms with Gasteiger partial charge in [0, 0.05) is 39.3 Å². The van der Waals surface area contributed by atoms with Crippen LogP contribution in [0, 0.1) is 0 Å². The summed E-state index contributed by atoms with van der Waals surface area (Å²) in [5.41, 5.74) is 8.62. The van der Waals surface area contributed by atoms with Crippen molar-refractivity contribution in [2.75, 3.05) is 0 Å². The Morgan fingerprint density at radius 3 is 2.81 bits per heavy atom. The van der Waals surface area contributed by atoms with E-state index in [1.54, 1.807) is 12.1 Å². The predicted octanol–water partition coefficient (Wildman–Crippen LogP) is 5.26. The highest BCUT2D eigenvalue weighted by Crippen LogP contribution is 2.59. The number of rotatable bonds is 3. The van der Waals surface area contributed by atoms with Crippen LogP contribution in [0.4, 0.5) is 0 Å². The van der Waals surface area contributed by atoms with Crippen LogP contribution >= 0.6 is 22.9 Å². The van der Waals surface area contributed by atoms with Crippen molar-refractivity contribution in [2.45, 2.75) is 57.3 Å². The Morgan fingerprint density at radius 2 is 2.05 bits per heavy atom. The van der Waals surface area contributed by atoms with Crippen LogP contribution in [0.5, 0.6) is 5.75 Å². The molecule has 4 N–H and O–H groups in total. The van der Waals surface area contributed by atoms with E-state index in [0.29, 0.717) is 46.9 Å². The molecule has 2 unspecified atom stereocenters. The lowest BCUT2D eigenvalue weighted by Gasteiger charge is -2.34. The molecule has 1 amide bonds. The molecule has 0 radical (unpaired) electrons. The fraction of sp³-hybridized carbons (Fsp3) is 0.310. The summed E-state index contributed by atoms with van der Waals surface area (Å²) in [4.78, 5) is 29.3. The van der Waals surface area contributed by atoms with Crippen molar-refractivity contribution < 1.29 is 19.4 Å². The minimum absolute atomic E-state index is 0.205. The molecule has 0 bridgehead atoms. The van der Waals surface area contributed by atoms with Crippen molar-refractivity contribution in [3.05, 3.63) is 90.3 Å². The molecule has 4 aliphatic rings. The first-order chi connectivity index (χ1) is 17.6. The maximum atomic E-state index is 14.2. The number of nitrogens with two attached hydrogens (primary N) is 1. The van der Waals surface area contributed by atoms with Gasteiger partial charge in [-0.3, -0.25) is 9.59 Å². The Kier molecular flexibility index (Phi) is 5.36. The van der Waals surface area contributed by atoms with Crippen LogP contribution in [-0.2, 0) is 16.8 Å². The monoisotopic (exact) mass is 534 g/mol. The van der Waals surface area contributed by atoms with Crippen molar-refractivity contribution in [2.24, 2.45) is 5.73 Å². The summed E-state index contributed by atoms with van der Waals surface area (Å²) in [6.45, 7) is 6.11. The van der Waals surface area contributed by atoms with Gasteiger partial charge in [-0.25, -0.2) is 0 Å². The Balaban J connectivity index is 1.51. The number of halogens is 1. The third-order valence-corrected chi connectivity index (χ3v) is 9.45. The van der Waals surface area contributed by atoms with E-state index in [4.69, 9.17) is 22.1 Å². The van der Waals surface area contributed by atoms with Crippen LogP contribution in [0.2, 0.25) is 5.02 Å². The number of fused-ring (bicyclic) bond motifs is 6. The van der Waals surface area contributed by atoms with Crippen molar-refractivity contribution in [1.29, 1.82) is 0 Å². The van der Waals surface area contributed by atoms with Gasteiger partial charge in [-0.1, -0.05) is 67.5 Å². The van der Waals surface area contributed by atoms with Gasteiger partial charge in [0.2, 0.25) is 11.3 Å². The number of ether oxygens (including phenoxy) is 1. The number of allylic oxidation sites excluding steroid dienone is 5. The largest absolute Gasteiger partial charge is 0.454 e. The van der Waals surface area contributed by atoms with Crippen molar-refractivity contribution in [1.82, 2.24) is 5.32 Å². The molecule has 1 fully saturated rings. The SMILES string of the molecule is CC1=CCc2sc(C(=O)NC34C(=O)C5=C(N)CCC=C5C3(O)Oc3cc(C(C)C)ccc34)c(Cl)c2C=C1. The molecule has 1 saturated carbocycles. The number of aliphatic hydroxyl groups is 1. The van der Waals surface area contributed by atoms with Gasteiger partial charge in [0.05, 0.1) is 5.02 Å². The lowest BCUT2D eigenvalue weighted by atomic mass is 9.83. The van der Waals surface area contributed by atoms with Crippen LogP contribution in [0.15, 0.2) is 58.8 Å². The van der Waals surface area contributed by atoms with E-state index >= 15 is 0 Å². The summed E-state index contributed by atoms with van der Waals surface area (Å²) in [5, 5.41) is 15.4. The number of carbonyl (C=O) groups excluding carboxylic acids is 2. The second-order valence-corrected chi connectivity index (χ2v) is 11.8. The molecule has 6 nitrogen and oxygen atoms in total. The van der Waals surface area contributed by atoms with Gasteiger partial charge < -0.3 is 20.9 Å². The zero-order chi connectivity index (χ0) is 26.3. The summed E-state index contributed by atoms with van der Waals surface area (Å²) < 4.78 is 6.19. The molecule has 0 spiro atoms. The lowest BCUT2D eigenvalue weighted by molar-refractivity contribution is -0.152. The van der Waals surface area contributed by atoms with E-state index in [1.807, 2.05) is 45.1 Å². The number of ketones is 1. The number of thiophene rings is 1. The molecular formula is C29H27ClN2O4S. The van der Waals surface area contributed by atoms with E-state index in [2.05, 4.69) is 11.4 Å². The minimum atomic E-state index is -2.13. The van der Waals surface area contributed by atoms with Crippen molar-refractivity contribution in [3.8, 4) is 5.75 Å². The molecule has 6 rings (SSSR count). The lowest BCUT2D eigenvalue weighted by Crippen LogP contribution is -2.61. The number of benzene rings is 1. The van der Waals surface area contributed by atoms with Crippen LogP contribution < -0.4 is 15.8 Å². The number of amides is 1. The zero-order valence-electron chi connectivity index (χ0n) is 20.8. The molecule has 3 aliphatic carbocycles. The van der Waals surface area contributed by atoms with Gasteiger partial charge in [-0.05, 0) is 37.3 Å². The van der Waals surface area contributed by atoms with Gasteiger partial charge in [0.15, 0.2) is 0 Å². The fourth-order valence-corrected chi connectivity index (χ4v) is 7.15. The highest BCUT2D eigenvalue weighted by molar-refractivity contribution is 7.15. The molecule has 8 heteroatoms. The first-order valence-corrected chi connectivity index (χ1v) is 13.6. The Morgan fingerprint density at radius 1 is 1.27 bits per heavy atom. The maximum Gasteiger partial charge on any atom is 0.270 e. The molecule has 1 aromatic carbocycles. The van der Waals surface area contributed by atoms with E-state index in [9.17, 15) is 14.7 Å². The van der Waals surface area contributed by atoms with Crippen LogP contribution in [0.1, 0.15) is 70.8 Å². The molecule has 1 aliphatic heterocycles. The van der Waals surface area contributed by atoms with Crippen LogP contribution in [0.25, 0.3) is 6.08 Å². The fourth-order valence-electron chi connectivity index (χ4n) is 5.68. The maximum absolute atomic E-state index is 14.2. The van der Waals surface area contributed by atoms with Gasteiger partial charge in [0.25, 0.3) is 11.7 Å². The number of Topliss-reactive ketones (excluding diaryl/α,β-unsaturated/α-hetero) is 1. The summed E-state index contributed by atoms with van der Waals surface area (Å²) in [6.07, 6.45) is 9.44. The van der Waals surface area contributed by atoms with E-state index in [1.165, 1.54) is 11.3 Å². The van der Waals surface area contributed by atoms with E-state index in [-0.39, 0.29) is 16.4 Å².